The van der Waals surface area contributed by atoms with Gasteiger partial charge >= 0.3 is 12.0 Å². The largest absolute Gasteiger partial charge is 0.481 e. The third kappa shape index (κ3) is 8.42. The molecule has 0 atom stereocenters. The first kappa shape index (κ1) is 17.7. The molecule has 0 aromatic rings. The molecule has 0 aromatic carbocycles. The van der Waals surface area contributed by atoms with Crippen molar-refractivity contribution in [3.8, 4) is 0 Å². The predicted molar refractivity (Wildman–Crippen MR) is 73.2 cm³/mol. The van der Waals surface area contributed by atoms with Crippen molar-refractivity contribution in [1.29, 1.82) is 0 Å². The van der Waals surface area contributed by atoms with E-state index >= 15 is 0 Å². The zero-order valence-corrected chi connectivity index (χ0v) is 12.4. The summed E-state index contributed by atoms with van der Waals surface area (Å²) in [5.41, 5.74) is -0.0438. The first-order valence-electron chi connectivity index (χ1n) is 6.56. The lowest BCUT2D eigenvalue weighted by Gasteiger charge is -2.27. The molecule has 6 heteroatoms. The second-order valence-corrected chi connectivity index (χ2v) is 5.29. The fraction of sp³-hybridized carbons (Fsp3) is 0.846. The molecule has 0 aromatic heterocycles. The maximum Gasteiger partial charge on any atom is 0.317 e. The minimum atomic E-state index is -0.897. The van der Waals surface area contributed by atoms with Crippen LogP contribution in [0.2, 0.25) is 0 Å². The summed E-state index contributed by atoms with van der Waals surface area (Å²) in [6.45, 7) is 7.86. The van der Waals surface area contributed by atoms with Crippen molar-refractivity contribution in [2.24, 2.45) is 5.41 Å². The molecule has 0 fully saturated rings. The second-order valence-electron chi connectivity index (χ2n) is 5.29. The zero-order chi connectivity index (χ0) is 14.9. The fourth-order valence-corrected chi connectivity index (χ4v) is 1.53. The number of hydrogen-bond donors (Lipinski definition) is 2. The van der Waals surface area contributed by atoms with Crippen LogP contribution in [0.1, 0.15) is 33.6 Å². The van der Waals surface area contributed by atoms with Gasteiger partial charge in [-0.1, -0.05) is 13.8 Å². The van der Waals surface area contributed by atoms with Gasteiger partial charge in [0.2, 0.25) is 0 Å². The molecule has 0 aliphatic carbocycles. The quantitative estimate of drug-likeness (QED) is 0.668. The molecule has 0 saturated carbocycles. The molecule has 6 nitrogen and oxygen atoms in total. The molecule has 112 valence electrons. The van der Waals surface area contributed by atoms with Gasteiger partial charge in [0.1, 0.15) is 0 Å². The van der Waals surface area contributed by atoms with Crippen LogP contribution in [-0.2, 0) is 9.53 Å². The van der Waals surface area contributed by atoms with Crippen LogP contribution in [0.4, 0.5) is 4.79 Å². The average molecular weight is 274 g/mol. The molecule has 0 aliphatic heterocycles. The van der Waals surface area contributed by atoms with Gasteiger partial charge in [0.25, 0.3) is 0 Å². The Balaban J connectivity index is 4.15. The summed E-state index contributed by atoms with van der Waals surface area (Å²) in [6, 6.07) is -0.214. The SMILES string of the molecule is CCN(CCC(=O)O)C(=O)NCC(C)(C)CCOC. The molecule has 0 aliphatic rings. The second kappa shape index (κ2) is 8.74. The normalized spacial score (nSPS) is 11.2. The molecule has 0 radical (unpaired) electrons. The van der Waals surface area contributed by atoms with Crippen LogP contribution in [0.15, 0.2) is 0 Å². The zero-order valence-electron chi connectivity index (χ0n) is 12.4. The van der Waals surface area contributed by atoms with Crippen LogP contribution in [0.25, 0.3) is 0 Å². The minimum absolute atomic E-state index is 0.0334. The Labute approximate surface area is 115 Å². The highest BCUT2D eigenvalue weighted by molar-refractivity contribution is 5.75. The molecule has 2 N–H and O–H groups in total. The van der Waals surface area contributed by atoms with Crippen LogP contribution in [0.5, 0.6) is 0 Å². The number of ether oxygens (including phenoxy) is 1. The Morgan fingerprint density at radius 2 is 2.00 bits per heavy atom. The van der Waals surface area contributed by atoms with E-state index in [-0.39, 0.29) is 24.4 Å². The number of hydrogen-bond acceptors (Lipinski definition) is 3. The van der Waals surface area contributed by atoms with Crippen LogP contribution in [0, 0.1) is 5.41 Å². The Hall–Kier alpha value is -1.30. The van der Waals surface area contributed by atoms with Crippen molar-refractivity contribution in [2.45, 2.75) is 33.6 Å². The first-order valence-corrected chi connectivity index (χ1v) is 6.56. The van der Waals surface area contributed by atoms with E-state index in [2.05, 4.69) is 19.2 Å². The van der Waals surface area contributed by atoms with Crippen molar-refractivity contribution >= 4 is 12.0 Å². The van der Waals surface area contributed by atoms with E-state index in [4.69, 9.17) is 9.84 Å². The van der Waals surface area contributed by atoms with Gasteiger partial charge in [0, 0.05) is 33.4 Å². The Kier molecular flexibility index (Phi) is 8.14. The Bertz CT molecular complexity index is 292. The van der Waals surface area contributed by atoms with E-state index in [9.17, 15) is 9.59 Å². The monoisotopic (exact) mass is 274 g/mol. The summed E-state index contributed by atoms with van der Waals surface area (Å²) in [4.78, 5) is 23.9. The summed E-state index contributed by atoms with van der Waals surface area (Å²) < 4.78 is 5.03. The molecule has 2 amide bonds. The van der Waals surface area contributed by atoms with Crippen molar-refractivity contribution < 1.29 is 19.4 Å². The van der Waals surface area contributed by atoms with Crippen LogP contribution >= 0.6 is 0 Å². The van der Waals surface area contributed by atoms with Gasteiger partial charge in [-0.25, -0.2) is 4.79 Å². The van der Waals surface area contributed by atoms with E-state index in [1.807, 2.05) is 6.92 Å². The molecular formula is C13H26N2O4. The number of carbonyl (C=O) groups is 2. The number of carboxylic acid groups (broad SMARTS) is 1. The maximum absolute atomic E-state index is 11.9. The van der Waals surface area contributed by atoms with E-state index in [1.165, 1.54) is 4.90 Å². The maximum atomic E-state index is 11.9. The number of carbonyl (C=O) groups excluding carboxylic acids is 1. The third-order valence-electron chi connectivity index (χ3n) is 2.97. The summed E-state index contributed by atoms with van der Waals surface area (Å²) >= 11 is 0. The van der Waals surface area contributed by atoms with Gasteiger partial charge in [0.05, 0.1) is 6.42 Å². The highest BCUT2D eigenvalue weighted by Crippen LogP contribution is 2.18. The predicted octanol–water partition coefficient (Wildman–Crippen LogP) is 1.56. The highest BCUT2D eigenvalue weighted by atomic mass is 16.5. The summed E-state index contributed by atoms with van der Waals surface area (Å²) in [7, 11) is 1.65. The van der Waals surface area contributed by atoms with E-state index in [0.29, 0.717) is 19.7 Å². The van der Waals surface area contributed by atoms with E-state index < -0.39 is 5.97 Å². The van der Waals surface area contributed by atoms with Crippen LogP contribution in [0.3, 0.4) is 0 Å². The van der Waals surface area contributed by atoms with Crippen molar-refractivity contribution in [1.82, 2.24) is 10.2 Å². The van der Waals surface area contributed by atoms with Gasteiger partial charge in [-0.05, 0) is 18.8 Å². The van der Waals surface area contributed by atoms with E-state index in [0.717, 1.165) is 6.42 Å². The third-order valence-corrected chi connectivity index (χ3v) is 2.97. The molecule has 0 bridgehead atoms. The highest BCUT2D eigenvalue weighted by Gasteiger charge is 2.20. The molecule has 0 saturated heterocycles. The standard InChI is InChI=1S/C13H26N2O4/c1-5-15(8-6-11(16)17)12(18)14-10-13(2,3)7-9-19-4/h5-10H2,1-4H3,(H,14,18)(H,16,17). The number of carboxylic acids is 1. The molecule has 0 spiro atoms. The molecule has 19 heavy (non-hydrogen) atoms. The number of amides is 2. The van der Waals surface area contributed by atoms with Gasteiger partial charge < -0.3 is 20.1 Å². The van der Waals surface area contributed by atoms with Crippen LogP contribution in [-0.4, -0.2) is 55.4 Å². The summed E-state index contributed by atoms with van der Waals surface area (Å²) in [5, 5.41) is 11.5. The lowest BCUT2D eigenvalue weighted by atomic mass is 9.90. The smallest absolute Gasteiger partial charge is 0.317 e. The summed E-state index contributed by atoms with van der Waals surface area (Å²) in [5.74, 6) is -0.897. The number of rotatable bonds is 9. The van der Waals surface area contributed by atoms with Gasteiger partial charge in [-0.2, -0.15) is 0 Å². The summed E-state index contributed by atoms with van der Waals surface area (Å²) in [6.07, 6.45) is 0.819. The molecule has 0 heterocycles. The fourth-order valence-electron chi connectivity index (χ4n) is 1.53. The minimum Gasteiger partial charge on any atom is -0.481 e. The Morgan fingerprint density at radius 3 is 2.47 bits per heavy atom. The molecule has 0 unspecified atom stereocenters. The topological polar surface area (TPSA) is 78.9 Å². The molecule has 0 rings (SSSR count). The van der Waals surface area contributed by atoms with Crippen LogP contribution < -0.4 is 5.32 Å². The number of methoxy groups -OCH3 is 1. The van der Waals surface area contributed by atoms with Gasteiger partial charge in [-0.3, -0.25) is 4.79 Å². The van der Waals surface area contributed by atoms with Crippen molar-refractivity contribution in [3.05, 3.63) is 0 Å². The number of nitrogens with zero attached hydrogens (tertiary/aromatic N) is 1. The Morgan fingerprint density at radius 1 is 1.37 bits per heavy atom. The van der Waals surface area contributed by atoms with Gasteiger partial charge in [-0.15, -0.1) is 0 Å². The number of nitrogens with one attached hydrogen (secondary N) is 1. The van der Waals surface area contributed by atoms with E-state index in [1.54, 1.807) is 7.11 Å². The number of aliphatic carboxylic acids is 1. The first-order chi connectivity index (χ1) is 8.82. The molecular weight excluding hydrogens is 248 g/mol. The van der Waals surface area contributed by atoms with Crippen molar-refractivity contribution in [2.75, 3.05) is 33.4 Å². The lowest BCUT2D eigenvalue weighted by molar-refractivity contribution is -0.137. The average Bonchev–Trinajstić information content (AvgIpc) is 2.34. The lowest BCUT2D eigenvalue weighted by Crippen LogP contribution is -2.44. The van der Waals surface area contributed by atoms with Gasteiger partial charge in [0.15, 0.2) is 0 Å². The van der Waals surface area contributed by atoms with Crippen molar-refractivity contribution in [3.63, 3.8) is 0 Å². The number of urea groups is 1.